The Kier molecular flexibility index (Phi) is 2.22. The van der Waals surface area contributed by atoms with E-state index in [1.54, 1.807) is 0 Å². The van der Waals surface area contributed by atoms with Crippen LogP contribution in [0.4, 0.5) is 0 Å². The smallest absolute Gasteiger partial charge is 0.175 e. The average Bonchev–Trinajstić information content (AvgIpc) is 1.65. The Hall–Kier alpha value is -0.700. The second kappa shape index (κ2) is 2.47. The van der Waals surface area contributed by atoms with Gasteiger partial charge >= 0.3 is 0 Å². The van der Waals surface area contributed by atoms with Gasteiger partial charge in [0, 0.05) is 6.92 Å². The van der Waals surface area contributed by atoms with E-state index in [0.29, 0.717) is 0 Å². The Bertz CT molecular complexity index is 97.9. The molecule has 0 aliphatic carbocycles. The lowest BCUT2D eigenvalue weighted by Crippen LogP contribution is -2.11. The van der Waals surface area contributed by atoms with Gasteiger partial charge < -0.3 is 5.11 Å². The summed E-state index contributed by atoms with van der Waals surface area (Å²) in [7, 11) is 0. The molecule has 0 aromatic heterocycles. The number of aliphatic hydroxyl groups excluding tert-OH is 1. The first-order chi connectivity index (χ1) is 3.18. The number of hydrogen-bond donors (Lipinski definition) is 2. The molecule has 0 aliphatic rings. The van der Waals surface area contributed by atoms with Crippen LogP contribution in [0.5, 0.6) is 0 Å². The molecule has 0 heterocycles. The van der Waals surface area contributed by atoms with Crippen LogP contribution in [0, 0.1) is 5.41 Å². The molecular weight excluding hydrogens is 94.0 g/mol. The summed E-state index contributed by atoms with van der Waals surface area (Å²) in [6.07, 6.45) is 0. The van der Waals surface area contributed by atoms with E-state index in [-0.39, 0.29) is 11.5 Å². The first-order valence-electron chi connectivity index (χ1n) is 1.87. The average molecular weight is 101 g/mol. The quantitative estimate of drug-likeness (QED) is 0.464. The van der Waals surface area contributed by atoms with Crippen molar-refractivity contribution < 1.29 is 9.90 Å². The van der Waals surface area contributed by atoms with Crippen molar-refractivity contribution in [1.82, 2.24) is 0 Å². The lowest BCUT2D eigenvalue weighted by Gasteiger charge is -1.86. The third-order valence-corrected chi connectivity index (χ3v) is 0.583. The van der Waals surface area contributed by atoms with Crippen LogP contribution in [0.2, 0.25) is 0 Å². The molecule has 0 radical (unpaired) electrons. The van der Waals surface area contributed by atoms with Crippen molar-refractivity contribution in [1.29, 1.82) is 5.41 Å². The highest BCUT2D eigenvalue weighted by Gasteiger charge is 1.96. The second-order valence-corrected chi connectivity index (χ2v) is 1.19. The summed E-state index contributed by atoms with van der Waals surface area (Å²) in [6, 6.07) is 0. The standard InChI is InChI=1S/C4H7NO2/c1-3(7)4(5)2-6/h5-6H,2H2,1H3. The summed E-state index contributed by atoms with van der Waals surface area (Å²) in [4.78, 5) is 9.99. The predicted octanol–water partition coefficient (Wildman–Crippen LogP) is -0.413. The van der Waals surface area contributed by atoms with Crippen molar-refractivity contribution in [3.8, 4) is 0 Å². The molecule has 0 atom stereocenters. The van der Waals surface area contributed by atoms with E-state index in [4.69, 9.17) is 10.5 Å². The zero-order valence-electron chi connectivity index (χ0n) is 4.06. The van der Waals surface area contributed by atoms with Crippen molar-refractivity contribution in [2.45, 2.75) is 6.92 Å². The van der Waals surface area contributed by atoms with E-state index in [9.17, 15) is 4.79 Å². The fraction of sp³-hybridized carbons (Fsp3) is 0.500. The largest absolute Gasteiger partial charge is 0.390 e. The Labute approximate surface area is 41.5 Å². The first-order valence-corrected chi connectivity index (χ1v) is 1.87. The summed E-state index contributed by atoms with van der Waals surface area (Å²) < 4.78 is 0. The number of Topliss-reactive ketones (excluding diaryl/α,β-unsaturated/α-hetero) is 1. The van der Waals surface area contributed by atoms with Crippen LogP contribution in [0.25, 0.3) is 0 Å². The van der Waals surface area contributed by atoms with Crippen LogP contribution in [0.1, 0.15) is 6.92 Å². The Balaban J connectivity index is 3.58. The molecule has 0 aromatic rings. The van der Waals surface area contributed by atoms with E-state index in [1.807, 2.05) is 0 Å². The topological polar surface area (TPSA) is 61.2 Å². The third-order valence-electron chi connectivity index (χ3n) is 0.583. The van der Waals surface area contributed by atoms with E-state index < -0.39 is 6.61 Å². The molecular formula is C4H7NO2. The molecule has 3 heteroatoms. The molecule has 0 rings (SSSR count). The summed E-state index contributed by atoms with van der Waals surface area (Å²) >= 11 is 0. The number of rotatable bonds is 2. The third kappa shape index (κ3) is 2.05. The molecule has 0 amide bonds. The fourth-order valence-electron chi connectivity index (χ4n) is 0.111. The molecule has 7 heavy (non-hydrogen) atoms. The number of hydrogen-bond acceptors (Lipinski definition) is 3. The van der Waals surface area contributed by atoms with Gasteiger partial charge in [0.25, 0.3) is 0 Å². The van der Waals surface area contributed by atoms with Crippen molar-refractivity contribution in [3.05, 3.63) is 0 Å². The summed E-state index contributed by atoms with van der Waals surface area (Å²) in [5, 5.41) is 14.7. The highest BCUT2D eigenvalue weighted by atomic mass is 16.3. The van der Waals surface area contributed by atoms with Gasteiger partial charge in [-0.25, -0.2) is 0 Å². The van der Waals surface area contributed by atoms with Crippen molar-refractivity contribution in [3.63, 3.8) is 0 Å². The van der Waals surface area contributed by atoms with Gasteiger partial charge in [-0.05, 0) is 0 Å². The normalized spacial score (nSPS) is 8.29. The van der Waals surface area contributed by atoms with Gasteiger partial charge in [-0.3, -0.25) is 10.2 Å². The van der Waals surface area contributed by atoms with E-state index in [2.05, 4.69) is 0 Å². The van der Waals surface area contributed by atoms with Crippen LogP contribution in [0.3, 0.4) is 0 Å². The predicted molar refractivity (Wildman–Crippen MR) is 25.5 cm³/mol. The SMILES string of the molecule is CC(=O)C(=N)CO. The Morgan fingerprint density at radius 1 is 1.86 bits per heavy atom. The van der Waals surface area contributed by atoms with Crippen molar-refractivity contribution >= 4 is 11.5 Å². The van der Waals surface area contributed by atoms with E-state index in [1.165, 1.54) is 6.92 Å². The van der Waals surface area contributed by atoms with Gasteiger partial charge in [0.1, 0.15) is 0 Å². The molecule has 0 fully saturated rings. The maximum absolute atomic E-state index is 9.99. The number of nitrogens with one attached hydrogen (secondary N) is 1. The van der Waals surface area contributed by atoms with Crippen LogP contribution in [-0.4, -0.2) is 23.2 Å². The maximum atomic E-state index is 9.99. The van der Waals surface area contributed by atoms with Gasteiger partial charge in [-0.2, -0.15) is 0 Å². The highest BCUT2D eigenvalue weighted by molar-refractivity contribution is 6.38. The molecule has 0 unspecified atom stereocenters. The molecule has 2 N–H and O–H groups in total. The fourth-order valence-corrected chi connectivity index (χ4v) is 0.111. The lowest BCUT2D eigenvalue weighted by molar-refractivity contribution is -0.111. The molecule has 0 bridgehead atoms. The summed E-state index contributed by atoms with van der Waals surface area (Å²) in [6.45, 7) is 0.799. The van der Waals surface area contributed by atoms with Crippen LogP contribution >= 0.6 is 0 Å². The van der Waals surface area contributed by atoms with E-state index >= 15 is 0 Å². The molecule has 0 saturated heterocycles. The first kappa shape index (κ1) is 6.30. The number of aliphatic hydroxyl groups is 1. The van der Waals surface area contributed by atoms with Gasteiger partial charge in [-0.15, -0.1) is 0 Å². The molecule has 0 spiro atoms. The van der Waals surface area contributed by atoms with Gasteiger partial charge in [0.15, 0.2) is 5.78 Å². The van der Waals surface area contributed by atoms with Gasteiger partial charge in [0.2, 0.25) is 0 Å². The summed E-state index contributed by atoms with van der Waals surface area (Å²) in [5.41, 5.74) is -0.236. The maximum Gasteiger partial charge on any atom is 0.175 e. The lowest BCUT2D eigenvalue weighted by atomic mass is 10.3. The minimum absolute atomic E-state index is 0.236. The van der Waals surface area contributed by atoms with Crippen LogP contribution in [-0.2, 0) is 4.79 Å². The molecule has 3 nitrogen and oxygen atoms in total. The monoisotopic (exact) mass is 101 g/mol. The van der Waals surface area contributed by atoms with Gasteiger partial charge in [0.05, 0.1) is 12.3 Å². The number of ketones is 1. The molecule has 0 aromatic carbocycles. The number of carbonyl (C=O) groups is 1. The second-order valence-electron chi connectivity index (χ2n) is 1.19. The molecule has 0 aliphatic heterocycles. The minimum Gasteiger partial charge on any atom is -0.390 e. The number of carbonyl (C=O) groups excluding carboxylic acids is 1. The summed E-state index contributed by atoms with van der Waals surface area (Å²) in [5.74, 6) is -0.373. The van der Waals surface area contributed by atoms with Crippen LogP contribution < -0.4 is 0 Å². The van der Waals surface area contributed by atoms with Crippen molar-refractivity contribution in [2.24, 2.45) is 0 Å². The Morgan fingerprint density at radius 2 is 2.29 bits per heavy atom. The minimum atomic E-state index is -0.449. The highest BCUT2D eigenvalue weighted by Crippen LogP contribution is 1.70. The van der Waals surface area contributed by atoms with Gasteiger partial charge in [-0.1, -0.05) is 0 Å². The van der Waals surface area contributed by atoms with E-state index in [0.717, 1.165) is 0 Å². The zero-order valence-corrected chi connectivity index (χ0v) is 4.06. The molecule has 0 saturated carbocycles. The van der Waals surface area contributed by atoms with Crippen molar-refractivity contribution in [2.75, 3.05) is 6.61 Å². The Morgan fingerprint density at radius 3 is 2.29 bits per heavy atom. The van der Waals surface area contributed by atoms with Crippen LogP contribution in [0.15, 0.2) is 0 Å². The zero-order chi connectivity index (χ0) is 5.86. The molecule has 40 valence electrons.